The van der Waals surface area contributed by atoms with Gasteiger partial charge in [0.15, 0.2) is 0 Å². The fourth-order valence-corrected chi connectivity index (χ4v) is 2.60. The molecule has 2 nitrogen and oxygen atoms in total. The Morgan fingerprint density at radius 3 is 2.40 bits per heavy atom. The van der Waals surface area contributed by atoms with Crippen LogP contribution < -0.4 is 0 Å². The normalized spacial score (nSPS) is 11.8. The number of hydrogen-bond acceptors (Lipinski definition) is 1. The van der Waals surface area contributed by atoms with Crippen LogP contribution in [0.15, 0.2) is 22.7 Å². The van der Waals surface area contributed by atoms with Gasteiger partial charge in [-0.15, -0.1) is 0 Å². The summed E-state index contributed by atoms with van der Waals surface area (Å²) in [5, 5.41) is 0.291. The van der Waals surface area contributed by atoms with E-state index in [0.717, 1.165) is 4.90 Å². The van der Waals surface area contributed by atoms with E-state index < -0.39 is 18.6 Å². The van der Waals surface area contributed by atoms with Crippen molar-refractivity contribution in [1.29, 1.82) is 0 Å². The molecule has 0 saturated carbocycles. The Labute approximate surface area is 129 Å². The van der Waals surface area contributed by atoms with Crippen molar-refractivity contribution in [1.82, 2.24) is 4.90 Å². The zero-order valence-electron chi connectivity index (χ0n) is 11.0. The topological polar surface area (TPSA) is 20.3 Å². The summed E-state index contributed by atoms with van der Waals surface area (Å²) >= 11 is 8.98. The summed E-state index contributed by atoms with van der Waals surface area (Å²) in [6.45, 7) is 2.27. The first kappa shape index (κ1) is 17.3. The number of halogens is 5. The van der Waals surface area contributed by atoms with Gasteiger partial charge in [0.05, 0.1) is 0 Å². The SMILES string of the molecule is CC(C)CN(CC(F)(F)F)C(=O)c1cc(Cl)cc(Br)c1. The Hall–Kier alpha value is -0.750. The average molecular weight is 373 g/mol. The third kappa shape index (κ3) is 5.71. The van der Waals surface area contributed by atoms with E-state index in [-0.39, 0.29) is 18.0 Å². The minimum absolute atomic E-state index is 0.0302. The maximum absolute atomic E-state index is 12.6. The molecule has 0 N–H and O–H groups in total. The molecule has 0 bridgehead atoms. The van der Waals surface area contributed by atoms with Crippen LogP contribution in [0.1, 0.15) is 24.2 Å². The molecule has 1 rings (SSSR count). The number of nitrogens with zero attached hydrogens (tertiary/aromatic N) is 1. The van der Waals surface area contributed by atoms with Crippen molar-refractivity contribution < 1.29 is 18.0 Å². The zero-order valence-corrected chi connectivity index (χ0v) is 13.3. The third-order valence-corrected chi connectivity index (χ3v) is 3.03. The second kappa shape index (κ2) is 6.80. The predicted octanol–water partition coefficient (Wildman–Crippen LogP) is 4.76. The lowest BCUT2D eigenvalue weighted by Gasteiger charge is -2.26. The standard InChI is InChI=1S/C13H14BrClF3NO/c1-8(2)6-19(7-13(16,17)18)12(20)9-3-10(14)5-11(15)4-9/h3-5,8H,6-7H2,1-2H3. The highest BCUT2D eigenvalue weighted by Gasteiger charge is 2.33. The lowest BCUT2D eigenvalue weighted by molar-refractivity contribution is -0.141. The number of carbonyl (C=O) groups is 1. The Balaban J connectivity index is 3.03. The lowest BCUT2D eigenvalue weighted by Crippen LogP contribution is -2.41. The summed E-state index contributed by atoms with van der Waals surface area (Å²) in [5.41, 5.74) is 0.134. The van der Waals surface area contributed by atoms with Gasteiger partial charge in [-0.2, -0.15) is 13.2 Å². The fourth-order valence-electron chi connectivity index (χ4n) is 1.74. The van der Waals surface area contributed by atoms with Crippen LogP contribution in [0.4, 0.5) is 13.2 Å². The van der Waals surface area contributed by atoms with Crippen LogP contribution in [0, 0.1) is 5.92 Å². The molecule has 0 aliphatic carbocycles. The molecule has 1 aromatic carbocycles. The van der Waals surface area contributed by atoms with Crippen molar-refractivity contribution in [3.63, 3.8) is 0 Å². The highest BCUT2D eigenvalue weighted by Crippen LogP contribution is 2.23. The van der Waals surface area contributed by atoms with Crippen molar-refractivity contribution >= 4 is 33.4 Å². The first-order valence-electron chi connectivity index (χ1n) is 5.90. The molecule has 0 aliphatic rings. The van der Waals surface area contributed by atoms with Gasteiger partial charge in [0.25, 0.3) is 5.91 Å². The van der Waals surface area contributed by atoms with Crippen LogP contribution in [-0.4, -0.2) is 30.1 Å². The maximum Gasteiger partial charge on any atom is 0.406 e. The van der Waals surface area contributed by atoms with Crippen LogP contribution in [-0.2, 0) is 0 Å². The second-order valence-electron chi connectivity index (χ2n) is 4.85. The van der Waals surface area contributed by atoms with Crippen LogP contribution in [0.25, 0.3) is 0 Å². The smallest absolute Gasteiger partial charge is 0.329 e. The molecule has 0 aromatic heterocycles. The summed E-state index contributed by atoms with van der Waals surface area (Å²) in [5.74, 6) is -0.747. The van der Waals surface area contributed by atoms with E-state index in [2.05, 4.69) is 15.9 Å². The average Bonchev–Trinajstić information content (AvgIpc) is 2.23. The quantitative estimate of drug-likeness (QED) is 0.746. The van der Waals surface area contributed by atoms with Gasteiger partial charge in [-0.3, -0.25) is 4.79 Å². The van der Waals surface area contributed by atoms with Crippen molar-refractivity contribution in [3.8, 4) is 0 Å². The van der Waals surface area contributed by atoms with E-state index in [1.54, 1.807) is 19.9 Å². The van der Waals surface area contributed by atoms with Crippen molar-refractivity contribution in [2.75, 3.05) is 13.1 Å². The molecule has 0 radical (unpaired) electrons. The van der Waals surface area contributed by atoms with E-state index in [0.29, 0.717) is 9.50 Å². The molecule has 20 heavy (non-hydrogen) atoms. The number of benzene rings is 1. The van der Waals surface area contributed by atoms with Crippen molar-refractivity contribution in [3.05, 3.63) is 33.3 Å². The molecule has 0 unspecified atom stereocenters. The van der Waals surface area contributed by atoms with E-state index in [4.69, 9.17) is 11.6 Å². The van der Waals surface area contributed by atoms with E-state index >= 15 is 0 Å². The van der Waals surface area contributed by atoms with Crippen LogP contribution in [0.3, 0.4) is 0 Å². The summed E-state index contributed by atoms with van der Waals surface area (Å²) in [6, 6.07) is 4.38. The Morgan fingerprint density at radius 1 is 1.35 bits per heavy atom. The van der Waals surface area contributed by atoms with Crippen LogP contribution >= 0.6 is 27.5 Å². The first-order chi connectivity index (χ1) is 9.08. The summed E-state index contributed by atoms with van der Waals surface area (Å²) in [6.07, 6.45) is -4.43. The Morgan fingerprint density at radius 2 is 1.95 bits per heavy atom. The summed E-state index contributed by atoms with van der Waals surface area (Å²) in [7, 11) is 0. The van der Waals surface area contributed by atoms with Gasteiger partial charge < -0.3 is 4.90 Å². The fraction of sp³-hybridized carbons (Fsp3) is 0.462. The van der Waals surface area contributed by atoms with E-state index in [1.165, 1.54) is 12.1 Å². The second-order valence-corrected chi connectivity index (χ2v) is 6.20. The van der Waals surface area contributed by atoms with Crippen LogP contribution in [0.5, 0.6) is 0 Å². The molecule has 0 aliphatic heterocycles. The highest BCUT2D eigenvalue weighted by molar-refractivity contribution is 9.10. The van der Waals surface area contributed by atoms with E-state index in [1.807, 2.05) is 0 Å². The molecular weight excluding hydrogens is 358 g/mol. The molecule has 7 heteroatoms. The van der Waals surface area contributed by atoms with Gasteiger partial charge in [-0.25, -0.2) is 0 Å². The molecule has 0 atom stereocenters. The number of rotatable bonds is 4. The molecule has 112 valence electrons. The van der Waals surface area contributed by atoms with Crippen LogP contribution in [0.2, 0.25) is 5.02 Å². The van der Waals surface area contributed by atoms with Gasteiger partial charge in [0, 0.05) is 21.6 Å². The Kier molecular flexibility index (Phi) is 5.89. The van der Waals surface area contributed by atoms with Crippen molar-refractivity contribution in [2.45, 2.75) is 20.0 Å². The van der Waals surface area contributed by atoms with E-state index in [9.17, 15) is 18.0 Å². The summed E-state index contributed by atoms with van der Waals surface area (Å²) in [4.78, 5) is 13.0. The molecule has 0 heterocycles. The Bertz CT molecular complexity index is 471. The number of alkyl halides is 3. The minimum atomic E-state index is -4.43. The first-order valence-corrected chi connectivity index (χ1v) is 7.07. The molecule has 0 spiro atoms. The number of amides is 1. The molecule has 1 amide bonds. The summed E-state index contributed by atoms with van der Waals surface area (Å²) < 4.78 is 38.2. The lowest BCUT2D eigenvalue weighted by atomic mass is 10.1. The zero-order chi connectivity index (χ0) is 15.5. The maximum atomic E-state index is 12.6. The number of hydrogen-bond donors (Lipinski definition) is 0. The minimum Gasteiger partial charge on any atom is -0.329 e. The van der Waals surface area contributed by atoms with Crippen molar-refractivity contribution in [2.24, 2.45) is 5.92 Å². The van der Waals surface area contributed by atoms with Gasteiger partial charge in [0.1, 0.15) is 6.54 Å². The van der Waals surface area contributed by atoms with Gasteiger partial charge in [0.2, 0.25) is 0 Å². The number of carbonyl (C=O) groups excluding carboxylic acids is 1. The highest BCUT2D eigenvalue weighted by atomic mass is 79.9. The molecule has 0 saturated heterocycles. The largest absolute Gasteiger partial charge is 0.406 e. The third-order valence-electron chi connectivity index (χ3n) is 2.35. The van der Waals surface area contributed by atoms with Gasteiger partial charge >= 0.3 is 6.18 Å². The van der Waals surface area contributed by atoms with Gasteiger partial charge in [-0.05, 0) is 24.1 Å². The predicted molar refractivity (Wildman–Crippen MR) is 75.9 cm³/mol. The monoisotopic (exact) mass is 371 g/mol. The van der Waals surface area contributed by atoms with Gasteiger partial charge in [-0.1, -0.05) is 41.4 Å². The molecule has 0 fully saturated rings. The molecule has 1 aromatic rings. The molecular formula is C13H14BrClF3NO.